The van der Waals surface area contributed by atoms with Gasteiger partial charge in [-0.05, 0) is 36.8 Å². The molecular formula is C16H11Cl2NO5S2. The smallest absolute Gasteiger partial charge is 0.261 e. The average Bonchev–Trinajstić information content (AvgIpc) is 2.95. The Morgan fingerprint density at radius 2 is 1.35 bits per heavy atom. The number of hydrogen-bond donors (Lipinski definition) is 0. The average molecular weight is 432 g/mol. The first kappa shape index (κ1) is 18.9. The topological polar surface area (TPSA) is 94.3 Å². The quantitative estimate of drug-likeness (QED) is 0.575. The van der Waals surface area contributed by atoms with Crippen molar-refractivity contribution in [2.45, 2.75) is 16.7 Å². The van der Waals surface area contributed by atoms with Crippen molar-refractivity contribution in [3.8, 4) is 22.4 Å². The Balaban J connectivity index is 2.21. The Bertz CT molecular complexity index is 1200. The summed E-state index contributed by atoms with van der Waals surface area (Å²) in [5, 5.41) is 3.98. The molecule has 1 heterocycles. The summed E-state index contributed by atoms with van der Waals surface area (Å²) in [6.45, 7) is 1.66. The molecule has 10 heteroatoms. The molecule has 3 rings (SSSR count). The van der Waals surface area contributed by atoms with Gasteiger partial charge in [-0.25, -0.2) is 16.8 Å². The van der Waals surface area contributed by atoms with E-state index in [1.165, 1.54) is 30.3 Å². The number of aryl methyl sites for hydroxylation is 1. The number of halogens is 2. The molecule has 0 unspecified atom stereocenters. The SMILES string of the molecule is Cc1onc(-c2cccc(S(=O)(=O)Cl)c2)c1-c1cccc(S(=O)(=O)Cl)c1. The molecule has 3 aromatic rings. The molecule has 0 atom stereocenters. The highest BCUT2D eigenvalue weighted by molar-refractivity contribution is 8.14. The Kier molecular flexibility index (Phi) is 4.87. The largest absolute Gasteiger partial charge is 0.360 e. The van der Waals surface area contributed by atoms with Gasteiger partial charge in [-0.1, -0.05) is 29.4 Å². The zero-order valence-corrected chi connectivity index (χ0v) is 16.3. The molecule has 136 valence electrons. The van der Waals surface area contributed by atoms with Crippen molar-refractivity contribution in [3.63, 3.8) is 0 Å². The van der Waals surface area contributed by atoms with Gasteiger partial charge in [0, 0.05) is 26.9 Å². The summed E-state index contributed by atoms with van der Waals surface area (Å²) in [5.41, 5.74) is 1.85. The van der Waals surface area contributed by atoms with Gasteiger partial charge in [-0.2, -0.15) is 0 Å². The number of aromatic nitrogens is 1. The van der Waals surface area contributed by atoms with Gasteiger partial charge < -0.3 is 4.52 Å². The van der Waals surface area contributed by atoms with Crippen LogP contribution < -0.4 is 0 Å². The van der Waals surface area contributed by atoms with Crippen LogP contribution >= 0.6 is 21.4 Å². The van der Waals surface area contributed by atoms with Crippen molar-refractivity contribution in [2.75, 3.05) is 0 Å². The molecule has 0 aliphatic carbocycles. The van der Waals surface area contributed by atoms with E-state index in [0.29, 0.717) is 28.1 Å². The molecular weight excluding hydrogens is 421 g/mol. The van der Waals surface area contributed by atoms with Crippen LogP contribution in [0.4, 0.5) is 0 Å². The van der Waals surface area contributed by atoms with E-state index < -0.39 is 18.1 Å². The molecule has 6 nitrogen and oxygen atoms in total. The van der Waals surface area contributed by atoms with Crippen LogP contribution in [-0.4, -0.2) is 22.0 Å². The van der Waals surface area contributed by atoms with Crippen LogP contribution in [0, 0.1) is 6.92 Å². The van der Waals surface area contributed by atoms with E-state index in [9.17, 15) is 16.8 Å². The third-order valence-electron chi connectivity index (χ3n) is 3.66. The molecule has 0 aliphatic heterocycles. The van der Waals surface area contributed by atoms with Crippen LogP contribution in [0.5, 0.6) is 0 Å². The zero-order chi connectivity index (χ0) is 19.1. The van der Waals surface area contributed by atoms with Gasteiger partial charge in [-0.3, -0.25) is 0 Å². The van der Waals surface area contributed by atoms with E-state index in [-0.39, 0.29) is 9.79 Å². The molecule has 0 amide bonds. The van der Waals surface area contributed by atoms with Crippen molar-refractivity contribution in [1.29, 1.82) is 0 Å². The molecule has 0 aliphatic rings. The number of rotatable bonds is 4. The van der Waals surface area contributed by atoms with Gasteiger partial charge in [0.2, 0.25) is 0 Å². The molecule has 0 fully saturated rings. The lowest BCUT2D eigenvalue weighted by molar-refractivity contribution is 0.400. The van der Waals surface area contributed by atoms with Crippen LogP contribution in [0.3, 0.4) is 0 Å². The highest BCUT2D eigenvalue weighted by atomic mass is 35.7. The van der Waals surface area contributed by atoms with Crippen molar-refractivity contribution in [1.82, 2.24) is 5.16 Å². The lowest BCUT2D eigenvalue weighted by Gasteiger charge is -2.06. The van der Waals surface area contributed by atoms with Gasteiger partial charge in [0.05, 0.1) is 15.4 Å². The summed E-state index contributed by atoms with van der Waals surface area (Å²) in [6, 6.07) is 11.9. The highest BCUT2D eigenvalue weighted by Crippen LogP contribution is 2.36. The molecule has 2 aromatic carbocycles. The molecule has 26 heavy (non-hydrogen) atoms. The number of hydrogen-bond acceptors (Lipinski definition) is 6. The number of benzene rings is 2. The highest BCUT2D eigenvalue weighted by Gasteiger charge is 2.20. The second-order valence-corrected chi connectivity index (χ2v) is 10.5. The fourth-order valence-corrected chi connectivity index (χ4v) is 4.10. The minimum absolute atomic E-state index is 0.0692. The van der Waals surface area contributed by atoms with E-state index in [0.717, 1.165) is 0 Å². The third-order valence-corrected chi connectivity index (χ3v) is 6.36. The monoisotopic (exact) mass is 431 g/mol. The van der Waals surface area contributed by atoms with E-state index in [4.69, 9.17) is 25.9 Å². The van der Waals surface area contributed by atoms with E-state index in [2.05, 4.69) is 5.16 Å². The summed E-state index contributed by atoms with van der Waals surface area (Å²) in [5.74, 6) is 0.434. The lowest BCUT2D eigenvalue weighted by Crippen LogP contribution is -1.93. The predicted molar refractivity (Wildman–Crippen MR) is 98.2 cm³/mol. The maximum absolute atomic E-state index is 11.6. The van der Waals surface area contributed by atoms with Crippen LogP contribution in [0.15, 0.2) is 62.8 Å². The lowest BCUT2D eigenvalue weighted by atomic mass is 9.99. The van der Waals surface area contributed by atoms with Gasteiger partial charge in [0.1, 0.15) is 11.5 Å². The second-order valence-electron chi connectivity index (χ2n) is 5.39. The zero-order valence-electron chi connectivity index (χ0n) is 13.2. The fraction of sp³-hybridized carbons (Fsp3) is 0.0625. The van der Waals surface area contributed by atoms with Crippen molar-refractivity contribution in [3.05, 3.63) is 54.3 Å². The maximum atomic E-state index is 11.6. The van der Waals surface area contributed by atoms with Crippen molar-refractivity contribution >= 4 is 39.5 Å². The first-order valence-electron chi connectivity index (χ1n) is 7.14. The van der Waals surface area contributed by atoms with Crippen molar-refractivity contribution < 1.29 is 21.4 Å². The molecule has 0 radical (unpaired) electrons. The summed E-state index contributed by atoms with van der Waals surface area (Å²) < 4.78 is 51.6. The van der Waals surface area contributed by atoms with Gasteiger partial charge in [-0.15, -0.1) is 0 Å². The molecule has 0 bridgehead atoms. The first-order valence-corrected chi connectivity index (χ1v) is 11.8. The molecule has 0 spiro atoms. The standard InChI is InChI=1S/C16H11Cl2NO5S2/c1-10-15(11-4-2-6-13(8-11)25(17,20)21)16(19-24-10)12-5-3-7-14(9-12)26(18,22)23/h2-9H,1H3. The molecule has 0 N–H and O–H groups in total. The summed E-state index contributed by atoms with van der Waals surface area (Å²) in [4.78, 5) is -0.152. The van der Waals surface area contributed by atoms with Gasteiger partial charge in [0.25, 0.3) is 18.1 Å². The maximum Gasteiger partial charge on any atom is 0.261 e. The second kappa shape index (κ2) is 6.70. The minimum Gasteiger partial charge on any atom is -0.360 e. The normalized spacial score (nSPS) is 12.3. The summed E-state index contributed by atoms with van der Waals surface area (Å²) in [7, 11) is 2.99. The van der Waals surface area contributed by atoms with E-state index in [1.807, 2.05) is 0 Å². The molecule has 0 saturated heterocycles. The number of nitrogens with zero attached hydrogens (tertiary/aromatic N) is 1. The van der Waals surface area contributed by atoms with Crippen LogP contribution in [0.25, 0.3) is 22.4 Å². The summed E-state index contributed by atoms with van der Waals surface area (Å²) >= 11 is 0. The van der Waals surface area contributed by atoms with E-state index in [1.54, 1.807) is 25.1 Å². The van der Waals surface area contributed by atoms with Crippen LogP contribution in [0.2, 0.25) is 0 Å². The van der Waals surface area contributed by atoms with E-state index >= 15 is 0 Å². The Labute approximate surface area is 159 Å². The third kappa shape index (κ3) is 3.78. The summed E-state index contributed by atoms with van der Waals surface area (Å²) in [6.07, 6.45) is 0. The molecule has 1 aromatic heterocycles. The fourth-order valence-electron chi connectivity index (χ4n) is 2.51. The Morgan fingerprint density at radius 1 is 0.846 bits per heavy atom. The predicted octanol–water partition coefficient (Wildman–Crippen LogP) is 4.17. The van der Waals surface area contributed by atoms with Gasteiger partial charge in [0.15, 0.2) is 0 Å². The first-order chi connectivity index (χ1) is 12.1. The Morgan fingerprint density at radius 3 is 1.88 bits per heavy atom. The van der Waals surface area contributed by atoms with Gasteiger partial charge >= 0.3 is 0 Å². The van der Waals surface area contributed by atoms with Crippen LogP contribution in [0.1, 0.15) is 5.76 Å². The Hall–Kier alpha value is -1.87. The van der Waals surface area contributed by atoms with Crippen LogP contribution in [-0.2, 0) is 18.1 Å². The minimum atomic E-state index is -3.91. The van der Waals surface area contributed by atoms with Crippen molar-refractivity contribution in [2.24, 2.45) is 0 Å². The molecule has 0 saturated carbocycles.